The number of nitrogens with one attached hydrogen (secondary N) is 1. The summed E-state index contributed by atoms with van der Waals surface area (Å²) >= 11 is 0. The molecule has 0 aliphatic carbocycles. The van der Waals surface area contributed by atoms with Crippen molar-refractivity contribution in [3.8, 4) is 5.69 Å². The minimum absolute atomic E-state index is 0.000257. The van der Waals surface area contributed by atoms with Crippen molar-refractivity contribution in [1.29, 1.82) is 0 Å². The van der Waals surface area contributed by atoms with Crippen molar-refractivity contribution in [3.05, 3.63) is 48.3 Å². The maximum atomic E-state index is 12.1. The topological polar surface area (TPSA) is 76.5 Å². The van der Waals surface area contributed by atoms with E-state index in [0.717, 1.165) is 5.69 Å². The third kappa shape index (κ3) is 3.75. The lowest BCUT2D eigenvalue weighted by Gasteiger charge is -2.26. The van der Waals surface area contributed by atoms with Crippen LogP contribution in [-0.2, 0) is 9.53 Å². The third-order valence-electron chi connectivity index (χ3n) is 3.66. The molecule has 1 aliphatic rings. The van der Waals surface area contributed by atoms with Gasteiger partial charge in [0.2, 0.25) is 5.91 Å². The smallest absolute Gasteiger partial charge is 0.251 e. The summed E-state index contributed by atoms with van der Waals surface area (Å²) in [7, 11) is 0. The summed E-state index contributed by atoms with van der Waals surface area (Å²) < 4.78 is 6.91. The van der Waals surface area contributed by atoms with Gasteiger partial charge < -0.3 is 15.0 Å². The normalized spacial score (nSPS) is 14.5. The van der Waals surface area contributed by atoms with Crippen LogP contribution in [0.1, 0.15) is 10.4 Å². The molecule has 2 aromatic rings. The van der Waals surface area contributed by atoms with Crippen LogP contribution in [0.5, 0.6) is 0 Å². The zero-order valence-corrected chi connectivity index (χ0v) is 12.6. The molecule has 2 amide bonds. The Morgan fingerprint density at radius 1 is 1.17 bits per heavy atom. The number of morpholine rings is 1. The van der Waals surface area contributed by atoms with Gasteiger partial charge in [-0.1, -0.05) is 0 Å². The number of hydrogen-bond acceptors (Lipinski definition) is 4. The average Bonchev–Trinajstić information content (AvgIpc) is 3.15. The molecular formula is C16H18N4O3. The minimum Gasteiger partial charge on any atom is -0.378 e. The highest BCUT2D eigenvalue weighted by molar-refractivity contribution is 5.96. The SMILES string of the molecule is O=C(NCC(=O)N1CCOCC1)c1ccc(-n2cccn2)cc1. The Morgan fingerprint density at radius 2 is 1.91 bits per heavy atom. The molecule has 1 aliphatic heterocycles. The number of benzene rings is 1. The predicted molar refractivity (Wildman–Crippen MR) is 83.3 cm³/mol. The molecule has 1 aromatic carbocycles. The molecule has 0 atom stereocenters. The average molecular weight is 314 g/mol. The van der Waals surface area contributed by atoms with Gasteiger partial charge in [-0.3, -0.25) is 9.59 Å². The van der Waals surface area contributed by atoms with Gasteiger partial charge in [0.25, 0.3) is 5.91 Å². The van der Waals surface area contributed by atoms with Crippen LogP contribution in [-0.4, -0.2) is 59.3 Å². The number of hydrogen-bond donors (Lipinski definition) is 1. The van der Waals surface area contributed by atoms with Crippen LogP contribution >= 0.6 is 0 Å². The summed E-state index contributed by atoms with van der Waals surface area (Å²) in [4.78, 5) is 25.8. The second-order valence-electron chi connectivity index (χ2n) is 5.17. The van der Waals surface area contributed by atoms with E-state index >= 15 is 0 Å². The Labute approximate surface area is 133 Å². The van der Waals surface area contributed by atoms with Gasteiger partial charge in [0.15, 0.2) is 0 Å². The molecule has 1 N–H and O–H groups in total. The molecule has 0 saturated carbocycles. The van der Waals surface area contributed by atoms with E-state index < -0.39 is 0 Å². The van der Waals surface area contributed by atoms with E-state index in [1.165, 1.54) is 0 Å². The molecule has 1 aromatic heterocycles. The van der Waals surface area contributed by atoms with Gasteiger partial charge in [0.1, 0.15) is 0 Å². The van der Waals surface area contributed by atoms with Crippen LogP contribution in [0.4, 0.5) is 0 Å². The number of ether oxygens (including phenoxy) is 1. The van der Waals surface area contributed by atoms with Crippen molar-refractivity contribution in [2.24, 2.45) is 0 Å². The summed E-state index contributed by atoms with van der Waals surface area (Å²) in [6.45, 7) is 2.25. The highest BCUT2D eigenvalue weighted by Crippen LogP contribution is 2.08. The molecular weight excluding hydrogens is 296 g/mol. The van der Waals surface area contributed by atoms with Crippen LogP contribution in [0.2, 0.25) is 0 Å². The molecule has 0 bridgehead atoms. The van der Waals surface area contributed by atoms with Gasteiger partial charge in [-0.25, -0.2) is 4.68 Å². The summed E-state index contributed by atoms with van der Waals surface area (Å²) in [5, 5.41) is 6.78. The molecule has 2 heterocycles. The lowest BCUT2D eigenvalue weighted by Crippen LogP contribution is -2.45. The van der Waals surface area contributed by atoms with E-state index in [2.05, 4.69) is 10.4 Å². The van der Waals surface area contributed by atoms with Crippen LogP contribution in [0.15, 0.2) is 42.7 Å². The third-order valence-corrected chi connectivity index (χ3v) is 3.66. The first kappa shape index (κ1) is 15.2. The molecule has 1 fully saturated rings. The fourth-order valence-electron chi connectivity index (χ4n) is 2.37. The minimum atomic E-state index is -0.265. The van der Waals surface area contributed by atoms with Crippen LogP contribution in [0, 0.1) is 0 Å². The Morgan fingerprint density at radius 3 is 2.57 bits per heavy atom. The fraction of sp³-hybridized carbons (Fsp3) is 0.312. The monoisotopic (exact) mass is 314 g/mol. The summed E-state index contributed by atoms with van der Waals surface area (Å²) in [5.41, 5.74) is 1.38. The Hall–Kier alpha value is -2.67. The largest absolute Gasteiger partial charge is 0.378 e. The zero-order chi connectivity index (χ0) is 16.1. The van der Waals surface area contributed by atoms with Gasteiger partial charge in [0.05, 0.1) is 25.4 Å². The maximum Gasteiger partial charge on any atom is 0.251 e. The molecule has 7 heteroatoms. The summed E-state index contributed by atoms with van der Waals surface area (Å²) in [6.07, 6.45) is 3.52. The van der Waals surface area contributed by atoms with Gasteiger partial charge in [-0.05, 0) is 30.3 Å². The molecule has 0 radical (unpaired) electrons. The summed E-state index contributed by atoms with van der Waals surface area (Å²) in [6, 6.07) is 8.88. The highest BCUT2D eigenvalue weighted by Gasteiger charge is 2.17. The second kappa shape index (κ2) is 7.06. The number of carbonyl (C=O) groups excluding carboxylic acids is 2. The number of aromatic nitrogens is 2. The molecule has 120 valence electrons. The van der Waals surface area contributed by atoms with Gasteiger partial charge >= 0.3 is 0 Å². The molecule has 7 nitrogen and oxygen atoms in total. The van der Waals surface area contributed by atoms with Crippen molar-refractivity contribution >= 4 is 11.8 Å². The van der Waals surface area contributed by atoms with E-state index in [0.29, 0.717) is 31.9 Å². The Balaban J connectivity index is 1.54. The van der Waals surface area contributed by atoms with Crippen LogP contribution in [0.3, 0.4) is 0 Å². The van der Waals surface area contributed by atoms with E-state index in [4.69, 9.17) is 4.74 Å². The molecule has 23 heavy (non-hydrogen) atoms. The molecule has 0 unspecified atom stereocenters. The van der Waals surface area contributed by atoms with Gasteiger partial charge in [-0.15, -0.1) is 0 Å². The first-order valence-corrected chi connectivity index (χ1v) is 7.48. The first-order chi connectivity index (χ1) is 11.2. The fourth-order valence-corrected chi connectivity index (χ4v) is 2.37. The van der Waals surface area contributed by atoms with Gasteiger partial charge in [-0.2, -0.15) is 5.10 Å². The number of amides is 2. The summed E-state index contributed by atoms with van der Waals surface area (Å²) in [5.74, 6) is -0.353. The van der Waals surface area contributed by atoms with Crippen molar-refractivity contribution in [1.82, 2.24) is 20.0 Å². The lowest BCUT2D eigenvalue weighted by atomic mass is 10.2. The van der Waals surface area contributed by atoms with E-state index in [9.17, 15) is 9.59 Å². The van der Waals surface area contributed by atoms with Crippen molar-refractivity contribution in [2.45, 2.75) is 0 Å². The molecule has 1 saturated heterocycles. The molecule has 0 spiro atoms. The number of carbonyl (C=O) groups is 2. The van der Waals surface area contributed by atoms with Crippen molar-refractivity contribution in [2.75, 3.05) is 32.8 Å². The van der Waals surface area contributed by atoms with Crippen LogP contribution < -0.4 is 5.32 Å². The van der Waals surface area contributed by atoms with E-state index in [1.807, 2.05) is 24.4 Å². The Kier molecular flexibility index (Phi) is 4.68. The van der Waals surface area contributed by atoms with Crippen LogP contribution in [0.25, 0.3) is 5.69 Å². The lowest BCUT2D eigenvalue weighted by molar-refractivity contribution is -0.134. The van der Waals surface area contributed by atoms with E-state index in [-0.39, 0.29) is 18.4 Å². The standard InChI is InChI=1S/C16H18N4O3/c21-15(19-8-10-23-11-9-19)12-17-16(22)13-2-4-14(5-3-13)20-7-1-6-18-20/h1-7H,8-12H2,(H,17,22). The van der Waals surface area contributed by atoms with Crippen molar-refractivity contribution < 1.29 is 14.3 Å². The number of rotatable bonds is 4. The van der Waals surface area contributed by atoms with Crippen molar-refractivity contribution in [3.63, 3.8) is 0 Å². The highest BCUT2D eigenvalue weighted by atomic mass is 16.5. The predicted octanol–water partition coefficient (Wildman–Crippen LogP) is 0.461. The Bertz CT molecular complexity index is 661. The van der Waals surface area contributed by atoms with E-state index in [1.54, 1.807) is 27.9 Å². The zero-order valence-electron chi connectivity index (χ0n) is 12.6. The maximum absolute atomic E-state index is 12.1. The molecule has 3 rings (SSSR count). The first-order valence-electron chi connectivity index (χ1n) is 7.48. The van der Waals surface area contributed by atoms with Gasteiger partial charge in [0, 0.05) is 31.0 Å². The second-order valence-corrected chi connectivity index (χ2v) is 5.17. The number of nitrogens with zero attached hydrogens (tertiary/aromatic N) is 3. The quantitative estimate of drug-likeness (QED) is 0.889.